The average molecular weight is 538 g/mol. The lowest BCUT2D eigenvalue weighted by Gasteiger charge is -2.30. The predicted molar refractivity (Wildman–Crippen MR) is 145 cm³/mol. The molecule has 0 aliphatic carbocycles. The van der Waals surface area contributed by atoms with Crippen LogP contribution in [0, 0.1) is 0 Å². The van der Waals surface area contributed by atoms with Crippen LogP contribution in [-0.4, -0.2) is 42.0 Å². The first-order valence-electron chi connectivity index (χ1n) is 12.0. The van der Waals surface area contributed by atoms with Gasteiger partial charge in [0, 0.05) is 41.9 Å². The second-order valence-corrected chi connectivity index (χ2v) is 9.83. The lowest BCUT2D eigenvalue weighted by atomic mass is 9.95. The Bertz CT molecular complexity index is 1370. The third-order valence-electron chi connectivity index (χ3n) is 6.78. The van der Waals surface area contributed by atoms with Gasteiger partial charge < -0.3 is 14.7 Å². The lowest BCUT2D eigenvalue weighted by molar-refractivity contribution is -0.132. The van der Waals surface area contributed by atoms with Crippen molar-refractivity contribution in [3.63, 3.8) is 0 Å². The monoisotopic (exact) mass is 537 g/mol. The van der Waals surface area contributed by atoms with E-state index >= 15 is 0 Å². The summed E-state index contributed by atoms with van der Waals surface area (Å²) in [5.41, 5.74) is 2.26. The molecule has 5 rings (SSSR count). The highest BCUT2D eigenvalue weighted by Crippen LogP contribution is 2.45. The van der Waals surface area contributed by atoms with E-state index < -0.39 is 23.5 Å². The van der Waals surface area contributed by atoms with Crippen LogP contribution in [-0.2, 0) is 9.59 Å². The first-order valence-corrected chi connectivity index (χ1v) is 12.8. The van der Waals surface area contributed by atoms with Crippen LogP contribution in [0.4, 0.5) is 11.4 Å². The molecule has 0 saturated carbocycles. The van der Waals surface area contributed by atoms with Gasteiger partial charge in [0.15, 0.2) is 0 Å². The number of carbonyl (C=O) groups is 2. The van der Waals surface area contributed by atoms with Crippen molar-refractivity contribution in [1.29, 1.82) is 0 Å². The number of aromatic nitrogens is 1. The fraction of sp³-hybridized carbons (Fsp3) is 0.250. The minimum atomic E-state index is -0.897. The van der Waals surface area contributed by atoms with Crippen LogP contribution >= 0.6 is 23.2 Å². The number of halogens is 2. The smallest absolute Gasteiger partial charge is 0.300 e. The normalized spacial score (nSPS) is 19.4. The second kappa shape index (κ2) is 10.4. The van der Waals surface area contributed by atoms with Gasteiger partial charge in [0.2, 0.25) is 0 Å². The Morgan fingerprint density at radius 1 is 0.973 bits per heavy atom. The number of aliphatic hydroxyl groups excluding tert-OH is 1. The number of pyridine rings is 1. The van der Waals surface area contributed by atoms with Gasteiger partial charge in [-0.1, -0.05) is 23.2 Å². The first-order chi connectivity index (χ1) is 17.9. The van der Waals surface area contributed by atoms with Crippen molar-refractivity contribution >= 4 is 52.0 Å². The highest BCUT2D eigenvalue weighted by molar-refractivity contribution is 6.52. The zero-order valence-electron chi connectivity index (χ0n) is 20.2. The number of ketones is 1. The Kier molecular flexibility index (Phi) is 7.09. The zero-order chi connectivity index (χ0) is 26.1. The van der Waals surface area contributed by atoms with E-state index in [-0.39, 0.29) is 26.9 Å². The third-order valence-corrected chi connectivity index (χ3v) is 7.28. The van der Waals surface area contributed by atoms with Crippen LogP contribution in [0.25, 0.3) is 5.76 Å². The minimum absolute atomic E-state index is 0.0899. The number of amides is 1. The molecular weight excluding hydrogens is 513 g/mol. The van der Waals surface area contributed by atoms with Gasteiger partial charge in [0.1, 0.15) is 11.5 Å². The summed E-state index contributed by atoms with van der Waals surface area (Å²) in [5, 5.41) is 11.9. The van der Waals surface area contributed by atoms with Crippen molar-refractivity contribution in [1.82, 2.24) is 4.98 Å². The summed E-state index contributed by atoms with van der Waals surface area (Å²) in [6, 6.07) is 13.0. The summed E-state index contributed by atoms with van der Waals surface area (Å²) < 4.78 is 5.39. The number of ether oxygens (including phenoxy) is 1. The van der Waals surface area contributed by atoms with Crippen molar-refractivity contribution in [2.24, 2.45) is 0 Å². The molecule has 2 aromatic carbocycles. The molecule has 0 spiro atoms. The van der Waals surface area contributed by atoms with Crippen LogP contribution in [0.5, 0.6) is 5.75 Å². The molecule has 1 N–H and O–H groups in total. The maximum absolute atomic E-state index is 13.4. The number of rotatable bonds is 5. The Morgan fingerprint density at radius 2 is 1.62 bits per heavy atom. The quantitative estimate of drug-likeness (QED) is 0.243. The summed E-state index contributed by atoms with van der Waals surface area (Å²) in [4.78, 5) is 34.7. The van der Waals surface area contributed by atoms with Crippen molar-refractivity contribution < 1.29 is 19.4 Å². The summed E-state index contributed by atoms with van der Waals surface area (Å²) in [6.07, 6.45) is 6.68. The van der Waals surface area contributed by atoms with Crippen molar-refractivity contribution in [3.05, 3.63) is 87.7 Å². The molecule has 2 aliphatic heterocycles. The van der Waals surface area contributed by atoms with Gasteiger partial charge in [-0.15, -0.1) is 0 Å². The van der Waals surface area contributed by atoms with E-state index in [1.165, 1.54) is 30.6 Å². The molecule has 7 nitrogen and oxygen atoms in total. The van der Waals surface area contributed by atoms with E-state index in [9.17, 15) is 14.7 Å². The molecule has 1 amide bonds. The molecule has 1 atom stereocenters. The Balaban J connectivity index is 1.64. The van der Waals surface area contributed by atoms with Gasteiger partial charge in [-0.2, -0.15) is 0 Å². The van der Waals surface area contributed by atoms with E-state index in [0.29, 0.717) is 11.3 Å². The number of aliphatic hydroxyl groups is 1. The first kappa shape index (κ1) is 25.1. The number of carbonyl (C=O) groups excluding carboxylic acids is 2. The molecule has 2 saturated heterocycles. The maximum atomic E-state index is 13.4. The lowest BCUT2D eigenvalue weighted by Crippen LogP contribution is -2.30. The van der Waals surface area contributed by atoms with E-state index in [4.69, 9.17) is 27.9 Å². The number of hydrogen-bond acceptors (Lipinski definition) is 6. The van der Waals surface area contributed by atoms with Gasteiger partial charge >= 0.3 is 0 Å². The zero-order valence-corrected chi connectivity index (χ0v) is 21.7. The number of benzene rings is 2. The van der Waals surface area contributed by atoms with Gasteiger partial charge in [-0.05, 0) is 73.4 Å². The van der Waals surface area contributed by atoms with Crippen LogP contribution < -0.4 is 14.5 Å². The van der Waals surface area contributed by atoms with Crippen molar-refractivity contribution in [2.45, 2.75) is 25.3 Å². The van der Waals surface area contributed by atoms with E-state index in [1.807, 2.05) is 24.3 Å². The molecule has 3 aromatic rings. The molecule has 0 bridgehead atoms. The maximum Gasteiger partial charge on any atom is 0.300 e. The number of hydrogen-bond donors (Lipinski definition) is 1. The summed E-state index contributed by atoms with van der Waals surface area (Å²) in [5.74, 6) is -1.85. The largest absolute Gasteiger partial charge is 0.507 e. The third kappa shape index (κ3) is 4.65. The molecule has 0 radical (unpaired) electrons. The Morgan fingerprint density at radius 3 is 2.27 bits per heavy atom. The van der Waals surface area contributed by atoms with Crippen LogP contribution in [0.15, 0.2) is 66.5 Å². The summed E-state index contributed by atoms with van der Waals surface area (Å²) in [7, 11) is 1.40. The molecule has 1 unspecified atom stereocenters. The van der Waals surface area contributed by atoms with E-state index in [1.54, 1.807) is 24.5 Å². The van der Waals surface area contributed by atoms with E-state index in [2.05, 4.69) is 9.88 Å². The molecule has 1 aromatic heterocycles. The van der Waals surface area contributed by atoms with Crippen molar-refractivity contribution in [2.75, 3.05) is 30.0 Å². The molecule has 3 heterocycles. The standard InChI is InChI=1S/C28H25Cl2N3O4/c1-37-27-21(15-18(29)16-22(27)30)25(34)23-24(17-9-11-31-12-10-17)33(28(36)26(23)35)20-7-5-19(6-8-20)32-13-3-2-4-14-32/h5-12,15-16,24,34H,2-4,13-14H2,1H3/b25-23+. The predicted octanol–water partition coefficient (Wildman–Crippen LogP) is 6.01. The van der Waals surface area contributed by atoms with E-state index in [0.717, 1.165) is 31.6 Å². The highest BCUT2D eigenvalue weighted by Gasteiger charge is 2.47. The molecule has 9 heteroatoms. The highest BCUT2D eigenvalue weighted by atomic mass is 35.5. The molecule has 2 aliphatic rings. The van der Waals surface area contributed by atoms with Gasteiger partial charge in [0.05, 0.1) is 29.3 Å². The SMILES string of the molecule is COc1c(Cl)cc(Cl)cc1/C(O)=C1\C(=O)C(=O)N(c2ccc(N3CCCCC3)cc2)C1c1ccncc1. The Labute approximate surface area is 224 Å². The summed E-state index contributed by atoms with van der Waals surface area (Å²) in [6.45, 7) is 1.98. The van der Waals surface area contributed by atoms with Crippen LogP contribution in [0.2, 0.25) is 10.0 Å². The summed E-state index contributed by atoms with van der Waals surface area (Å²) >= 11 is 12.5. The fourth-order valence-electron chi connectivity index (χ4n) is 5.02. The molecule has 190 valence electrons. The van der Waals surface area contributed by atoms with Crippen LogP contribution in [0.1, 0.15) is 36.4 Å². The van der Waals surface area contributed by atoms with Crippen LogP contribution in [0.3, 0.4) is 0 Å². The number of methoxy groups -OCH3 is 1. The average Bonchev–Trinajstić information content (AvgIpc) is 3.19. The number of anilines is 2. The fourth-order valence-corrected chi connectivity index (χ4v) is 5.60. The number of nitrogens with zero attached hydrogens (tertiary/aromatic N) is 3. The van der Waals surface area contributed by atoms with Gasteiger partial charge in [-0.25, -0.2) is 0 Å². The second-order valence-electron chi connectivity index (χ2n) is 8.98. The van der Waals surface area contributed by atoms with Crippen molar-refractivity contribution in [3.8, 4) is 5.75 Å². The molecule has 37 heavy (non-hydrogen) atoms. The number of Topliss-reactive ketones (excluding diaryl/α,β-unsaturated/α-hetero) is 1. The molecule has 2 fully saturated rings. The number of piperidine rings is 1. The Hall–Kier alpha value is -3.55. The van der Waals surface area contributed by atoms with Gasteiger partial charge in [0.25, 0.3) is 11.7 Å². The van der Waals surface area contributed by atoms with Gasteiger partial charge in [-0.3, -0.25) is 19.5 Å². The molecular formula is C28H25Cl2N3O4. The minimum Gasteiger partial charge on any atom is -0.507 e. The topological polar surface area (TPSA) is 83.0 Å².